The van der Waals surface area contributed by atoms with Crippen molar-refractivity contribution in [2.75, 3.05) is 0 Å². The van der Waals surface area contributed by atoms with Gasteiger partial charge in [0.2, 0.25) is 5.43 Å². The predicted molar refractivity (Wildman–Crippen MR) is 101 cm³/mol. The Hall–Kier alpha value is -3.93. The number of fused-ring (bicyclic) bond motifs is 2. The maximum atomic E-state index is 13.1. The van der Waals surface area contributed by atoms with Crippen LogP contribution in [0.15, 0.2) is 71.8 Å². The van der Waals surface area contributed by atoms with E-state index in [1.54, 1.807) is 36.7 Å². The number of imidazole rings is 1. The number of rotatable bonds is 3. The first-order valence-electron chi connectivity index (χ1n) is 8.29. The van der Waals surface area contributed by atoms with E-state index in [1.165, 1.54) is 12.1 Å². The Morgan fingerprint density at radius 1 is 1.00 bits per heavy atom. The molecule has 0 unspecified atom stereocenters. The van der Waals surface area contributed by atoms with Crippen LogP contribution in [0, 0.1) is 0 Å². The topological polar surface area (TPSA) is 80.9 Å². The van der Waals surface area contributed by atoms with Crippen molar-refractivity contribution < 1.29 is 14.6 Å². The molecule has 0 aliphatic rings. The minimum atomic E-state index is -1.01. The highest BCUT2D eigenvalue weighted by Crippen LogP contribution is 2.32. The SMILES string of the molecule is O=C(O)c1ccc(Oc2ccc3ncn4c5ccccc5c(=O)c2c34)cc1. The molecule has 6 nitrogen and oxygen atoms in total. The molecule has 3 aromatic carbocycles. The van der Waals surface area contributed by atoms with Gasteiger partial charge in [0.15, 0.2) is 0 Å². The number of aromatic carboxylic acids is 1. The Morgan fingerprint density at radius 2 is 1.78 bits per heavy atom. The van der Waals surface area contributed by atoms with Crippen LogP contribution in [0.2, 0.25) is 0 Å². The summed E-state index contributed by atoms with van der Waals surface area (Å²) in [7, 11) is 0. The molecule has 5 rings (SSSR count). The Bertz CT molecular complexity index is 1390. The third-order valence-corrected chi connectivity index (χ3v) is 4.64. The Balaban J connectivity index is 1.76. The second kappa shape index (κ2) is 5.54. The highest BCUT2D eigenvalue weighted by Gasteiger charge is 2.17. The molecule has 0 fully saturated rings. The summed E-state index contributed by atoms with van der Waals surface area (Å²) >= 11 is 0. The van der Waals surface area contributed by atoms with Crippen molar-refractivity contribution in [1.29, 1.82) is 0 Å². The van der Waals surface area contributed by atoms with E-state index in [0.29, 0.717) is 33.3 Å². The quantitative estimate of drug-likeness (QED) is 0.496. The van der Waals surface area contributed by atoms with Gasteiger partial charge < -0.3 is 9.84 Å². The molecule has 5 aromatic rings. The summed E-state index contributed by atoms with van der Waals surface area (Å²) in [6.07, 6.45) is 1.70. The van der Waals surface area contributed by atoms with E-state index < -0.39 is 5.97 Å². The van der Waals surface area contributed by atoms with Crippen LogP contribution in [0.25, 0.3) is 27.3 Å². The lowest BCUT2D eigenvalue weighted by atomic mass is 10.1. The third kappa shape index (κ3) is 2.23. The molecule has 130 valence electrons. The molecule has 0 radical (unpaired) electrons. The van der Waals surface area contributed by atoms with Gasteiger partial charge in [-0.25, -0.2) is 9.78 Å². The van der Waals surface area contributed by atoms with E-state index in [1.807, 2.05) is 22.6 Å². The van der Waals surface area contributed by atoms with Gasteiger partial charge in [0.1, 0.15) is 17.8 Å². The van der Waals surface area contributed by atoms with E-state index in [2.05, 4.69) is 4.98 Å². The summed E-state index contributed by atoms with van der Waals surface area (Å²) in [5, 5.41) is 10.0. The minimum absolute atomic E-state index is 0.124. The molecule has 0 bridgehead atoms. The zero-order valence-electron chi connectivity index (χ0n) is 13.9. The summed E-state index contributed by atoms with van der Waals surface area (Å²) in [6, 6.07) is 16.9. The second-order valence-corrected chi connectivity index (χ2v) is 6.20. The molecular weight excluding hydrogens is 344 g/mol. The molecule has 2 aromatic heterocycles. The van der Waals surface area contributed by atoms with Crippen molar-refractivity contribution in [3.8, 4) is 11.5 Å². The van der Waals surface area contributed by atoms with Gasteiger partial charge in [0.25, 0.3) is 0 Å². The fourth-order valence-corrected chi connectivity index (χ4v) is 3.38. The molecule has 6 heteroatoms. The number of nitrogens with zero attached hydrogens (tertiary/aromatic N) is 2. The van der Waals surface area contributed by atoms with E-state index >= 15 is 0 Å². The van der Waals surface area contributed by atoms with Gasteiger partial charge in [-0.1, -0.05) is 12.1 Å². The molecule has 0 atom stereocenters. The lowest BCUT2D eigenvalue weighted by Crippen LogP contribution is -2.07. The zero-order chi connectivity index (χ0) is 18.5. The smallest absolute Gasteiger partial charge is 0.335 e. The summed E-state index contributed by atoms with van der Waals surface area (Å²) < 4.78 is 7.82. The van der Waals surface area contributed by atoms with Crippen molar-refractivity contribution in [2.24, 2.45) is 0 Å². The van der Waals surface area contributed by atoms with Gasteiger partial charge in [-0.05, 0) is 48.5 Å². The zero-order valence-corrected chi connectivity index (χ0v) is 13.9. The average molecular weight is 356 g/mol. The van der Waals surface area contributed by atoms with Crippen LogP contribution >= 0.6 is 0 Å². The van der Waals surface area contributed by atoms with E-state index in [-0.39, 0.29) is 11.0 Å². The molecule has 0 amide bonds. The van der Waals surface area contributed by atoms with Crippen LogP contribution in [0.3, 0.4) is 0 Å². The van der Waals surface area contributed by atoms with E-state index in [0.717, 1.165) is 5.52 Å². The van der Waals surface area contributed by atoms with Crippen molar-refractivity contribution in [1.82, 2.24) is 9.38 Å². The average Bonchev–Trinajstić information content (AvgIpc) is 3.12. The van der Waals surface area contributed by atoms with Crippen LogP contribution in [-0.2, 0) is 0 Å². The van der Waals surface area contributed by atoms with E-state index in [4.69, 9.17) is 9.84 Å². The van der Waals surface area contributed by atoms with Gasteiger partial charge in [-0.2, -0.15) is 0 Å². The third-order valence-electron chi connectivity index (χ3n) is 4.64. The first-order chi connectivity index (χ1) is 13.1. The fourth-order valence-electron chi connectivity index (χ4n) is 3.38. The number of benzene rings is 3. The highest BCUT2D eigenvalue weighted by molar-refractivity contribution is 6.04. The molecule has 0 saturated heterocycles. The predicted octanol–water partition coefficient (Wildman–Crippen LogP) is 3.93. The van der Waals surface area contributed by atoms with Gasteiger partial charge in [0.05, 0.1) is 27.5 Å². The molecule has 0 aliphatic carbocycles. The number of para-hydroxylation sites is 1. The maximum Gasteiger partial charge on any atom is 0.335 e. The van der Waals surface area contributed by atoms with Crippen molar-refractivity contribution in [3.05, 3.63) is 82.8 Å². The fraction of sp³-hybridized carbons (Fsp3) is 0. The second-order valence-electron chi connectivity index (χ2n) is 6.20. The summed E-state index contributed by atoms with van der Waals surface area (Å²) in [4.78, 5) is 28.5. The Kier molecular flexibility index (Phi) is 3.14. The number of hydrogen-bond acceptors (Lipinski definition) is 4. The lowest BCUT2D eigenvalue weighted by molar-refractivity contribution is 0.0697. The molecule has 1 N–H and O–H groups in total. The molecule has 2 heterocycles. The Morgan fingerprint density at radius 3 is 2.56 bits per heavy atom. The lowest BCUT2D eigenvalue weighted by Gasteiger charge is -2.11. The standard InChI is InChI=1S/C21H12N2O4/c24-20-14-3-1-2-4-16(14)23-11-22-15-9-10-17(18(20)19(15)23)27-13-7-5-12(6-8-13)21(25)26/h1-11H,(H,25,26). The molecule has 0 saturated carbocycles. The first kappa shape index (κ1) is 15.3. The van der Waals surface area contributed by atoms with Crippen molar-refractivity contribution in [2.45, 2.75) is 0 Å². The number of pyridine rings is 1. The Labute approximate surface area is 152 Å². The number of carboxylic acid groups (broad SMARTS) is 1. The van der Waals surface area contributed by atoms with Gasteiger partial charge in [0, 0.05) is 5.39 Å². The minimum Gasteiger partial charge on any atom is -0.478 e. The largest absolute Gasteiger partial charge is 0.478 e. The maximum absolute atomic E-state index is 13.1. The number of aromatic nitrogens is 2. The summed E-state index contributed by atoms with van der Waals surface area (Å²) in [5.74, 6) is -0.145. The number of ether oxygens (including phenoxy) is 1. The van der Waals surface area contributed by atoms with Crippen LogP contribution < -0.4 is 10.2 Å². The van der Waals surface area contributed by atoms with Crippen molar-refractivity contribution in [3.63, 3.8) is 0 Å². The summed E-state index contributed by atoms with van der Waals surface area (Å²) in [5.41, 5.74) is 2.25. The van der Waals surface area contributed by atoms with Crippen molar-refractivity contribution >= 4 is 33.3 Å². The number of carbonyl (C=O) groups is 1. The van der Waals surface area contributed by atoms with Crippen LogP contribution in [0.4, 0.5) is 0 Å². The van der Waals surface area contributed by atoms with Crippen LogP contribution in [0.1, 0.15) is 10.4 Å². The van der Waals surface area contributed by atoms with Gasteiger partial charge in [-0.15, -0.1) is 0 Å². The normalized spacial score (nSPS) is 11.4. The monoisotopic (exact) mass is 356 g/mol. The number of hydrogen-bond donors (Lipinski definition) is 1. The van der Waals surface area contributed by atoms with Gasteiger partial charge >= 0.3 is 5.97 Å². The number of carboxylic acids is 1. The van der Waals surface area contributed by atoms with E-state index in [9.17, 15) is 9.59 Å². The van der Waals surface area contributed by atoms with Crippen LogP contribution in [-0.4, -0.2) is 20.5 Å². The molecular formula is C21H12N2O4. The highest BCUT2D eigenvalue weighted by atomic mass is 16.5. The molecule has 0 aliphatic heterocycles. The summed E-state index contributed by atoms with van der Waals surface area (Å²) in [6.45, 7) is 0. The van der Waals surface area contributed by atoms with Gasteiger partial charge in [-0.3, -0.25) is 9.20 Å². The molecule has 0 spiro atoms. The van der Waals surface area contributed by atoms with Crippen LogP contribution in [0.5, 0.6) is 11.5 Å². The first-order valence-corrected chi connectivity index (χ1v) is 8.29. The molecule has 27 heavy (non-hydrogen) atoms.